The summed E-state index contributed by atoms with van der Waals surface area (Å²) in [5, 5.41) is 14.4. The number of amides is 2. The lowest BCUT2D eigenvalue weighted by Crippen LogP contribution is -2.58. The smallest absolute Gasteiger partial charge is 0.264 e. The van der Waals surface area contributed by atoms with Crippen LogP contribution in [0.1, 0.15) is 64.9 Å². The molecule has 2 amide bonds. The molecule has 7 nitrogen and oxygen atoms in total. The Morgan fingerprint density at radius 3 is 2.41 bits per heavy atom. The van der Waals surface area contributed by atoms with Crippen molar-refractivity contribution in [1.29, 1.82) is 5.26 Å². The van der Waals surface area contributed by atoms with E-state index in [0.29, 0.717) is 23.4 Å². The van der Waals surface area contributed by atoms with E-state index in [1.54, 1.807) is 4.90 Å². The zero-order chi connectivity index (χ0) is 28.6. The van der Waals surface area contributed by atoms with E-state index in [0.717, 1.165) is 57.2 Å². The molecular formula is C33H39N5O2S. The SMILES string of the molecule is N#Cc1ccc(CN(CCc2ccccc2)C2CCN(C(=O)c3cccs3)[C@@H](C(=O)NC3CCC(N)CC3)C2)cc1. The highest BCUT2D eigenvalue weighted by Gasteiger charge is 2.39. The van der Waals surface area contributed by atoms with Gasteiger partial charge in [0, 0.05) is 37.8 Å². The number of rotatable bonds is 9. The van der Waals surface area contributed by atoms with Crippen LogP contribution >= 0.6 is 11.3 Å². The first-order valence-corrected chi connectivity index (χ1v) is 15.6. The van der Waals surface area contributed by atoms with Crippen molar-refractivity contribution in [1.82, 2.24) is 15.1 Å². The second-order valence-electron chi connectivity index (χ2n) is 11.3. The van der Waals surface area contributed by atoms with Crippen LogP contribution in [-0.4, -0.2) is 58.9 Å². The molecule has 214 valence electrons. The summed E-state index contributed by atoms with van der Waals surface area (Å²) in [5.74, 6) is -0.117. The van der Waals surface area contributed by atoms with Crippen molar-refractivity contribution >= 4 is 23.2 Å². The van der Waals surface area contributed by atoms with Crippen molar-refractivity contribution in [3.63, 3.8) is 0 Å². The van der Waals surface area contributed by atoms with Crippen LogP contribution < -0.4 is 11.1 Å². The fraction of sp³-hybridized carbons (Fsp3) is 0.424. The molecule has 41 heavy (non-hydrogen) atoms. The van der Waals surface area contributed by atoms with E-state index in [2.05, 4.69) is 40.6 Å². The number of thiophene rings is 1. The minimum Gasteiger partial charge on any atom is -0.352 e. The maximum absolute atomic E-state index is 13.8. The van der Waals surface area contributed by atoms with E-state index in [1.165, 1.54) is 16.9 Å². The highest BCUT2D eigenvalue weighted by Crippen LogP contribution is 2.28. The van der Waals surface area contributed by atoms with E-state index in [4.69, 9.17) is 5.73 Å². The van der Waals surface area contributed by atoms with Crippen LogP contribution in [0.2, 0.25) is 0 Å². The number of nitrogens with one attached hydrogen (secondary N) is 1. The third-order valence-electron chi connectivity index (χ3n) is 8.50. The fourth-order valence-corrected chi connectivity index (χ4v) is 6.78. The number of likely N-dealkylation sites (tertiary alicyclic amines) is 1. The molecule has 2 atom stereocenters. The fourth-order valence-electron chi connectivity index (χ4n) is 6.10. The Morgan fingerprint density at radius 1 is 0.976 bits per heavy atom. The van der Waals surface area contributed by atoms with Gasteiger partial charge in [-0.2, -0.15) is 5.26 Å². The molecule has 5 rings (SSSR count). The van der Waals surface area contributed by atoms with Crippen molar-refractivity contribution < 1.29 is 9.59 Å². The summed E-state index contributed by atoms with van der Waals surface area (Å²) in [7, 11) is 0. The minimum absolute atomic E-state index is 0.0542. The van der Waals surface area contributed by atoms with E-state index in [9.17, 15) is 14.9 Å². The summed E-state index contributed by atoms with van der Waals surface area (Å²) in [6, 6.07) is 24.0. The Labute approximate surface area is 247 Å². The molecule has 1 aliphatic heterocycles. The molecule has 1 aliphatic carbocycles. The number of nitrogens with zero attached hydrogens (tertiary/aromatic N) is 3. The van der Waals surface area contributed by atoms with Gasteiger partial charge in [0.2, 0.25) is 5.91 Å². The lowest BCUT2D eigenvalue weighted by atomic mass is 9.90. The van der Waals surface area contributed by atoms with Gasteiger partial charge in [0.25, 0.3) is 5.91 Å². The van der Waals surface area contributed by atoms with Crippen molar-refractivity contribution in [3.05, 3.63) is 93.7 Å². The summed E-state index contributed by atoms with van der Waals surface area (Å²) in [4.78, 5) is 32.3. The first-order valence-electron chi connectivity index (χ1n) is 14.7. The average molecular weight is 570 g/mol. The molecule has 0 spiro atoms. The second kappa shape index (κ2) is 13.9. The Balaban J connectivity index is 1.36. The number of hydrogen-bond acceptors (Lipinski definition) is 6. The zero-order valence-electron chi connectivity index (χ0n) is 23.5. The molecule has 2 fully saturated rings. The number of benzene rings is 2. The van der Waals surface area contributed by atoms with Gasteiger partial charge in [-0.15, -0.1) is 11.3 Å². The quantitative estimate of drug-likeness (QED) is 0.388. The van der Waals surface area contributed by atoms with Crippen LogP contribution in [0.4, 0.5) is 0 Å². The van der Waals surface area contributed by atoms with Gasteiger partial charge in [0.15, 0.2) is 0 Å². The van der Waals surface area contributed by atoms with Crippen molar-refractivity contribution in [2.45, 2.75) is 75.7 Å². The van der Waals surface area contributed by atoms with Crippen LogP contribution in [-0.2, 0) is 17.8 Å². The van der Waals surface area contributed by atoms with Gasteiger partial charge in [0.1, 0.15) is 6.04 Å². The maximum Gasteiger partial charge on any atom is 0.264 e. The molecule has 3 N–H and O–H groups in total. The number of carbonyl (C=O) groups excluding carboxylic acids is 2. The van der Waals surface area contributed by atoms with Gasteiger partial charge >= 0.3 is 0 Å². The molecule has 0 bridgehead atoms. The standard InChI is InChI=1S/C33H39N5O2S/c34-22-25-8-10-26(11-9-25)23-37(18-16-24-5-2-1-3-6-24)29-17-19-38(33(40)31-7-4-20-41-31)30(21-29)32(39)36-28-14-12-27(35)13-15-28/h1-11,20,27-30H,12-19,21,23,35H2,(H,36,39)/t27?,28?,29?,30-/m1/s1. The molecule has 2 aromatic carbocycles. The number of piperidine rings is 1. The van der Waals surface area contributed by atoms with Crippen molar-refractivity contribution in [2.24, 2.45) is 5.73 Å². The molecule has 1 saturated carbocycles. The van der Waals surface area contributed by atoms with E-state index < -0.39 is 6.04 Å². The summed E-state index contributed by atoms with van der Waals surface area (Å²) >= 11 is 1.42. The normalized spacial score (nSPS) is 22.7. The Kier molecular flexibility index (Phi) is 9.84. The molecule has 1 saturated heterocycles. The summed E-state index contributed by atoms with van der Waals surface area (Å²) in [5.41, 5.74) is 9.15. The molecule has 1 aromatic heterocycles. The largest absolute Gasteiger partial charge is 0.352 e. The van der Waals surface area contributed by atoms with Gasteiger partial charge in [-0.1, -0.05) is 48.5 Å². The summed E-state index contributed by atoms with van der Waals surface area (Å²) < 4.78 is 0. The van der Waals surface area contributed by atoms with Crippen LogP contribution in [0.3, 0.4) is 0 Å². The monoisotopic (exact) mass is 569 g/mol. The average Bonchev–Trinajstić information content (AvgIpc) is 3.56. The van der Waals surface area contributed by atoms with Gasteiger partial charge in [-0.05, 0) is 79.7 Å². The lowest BCUT2D eigenvalue weighted by molar-refractivity contribution is -0.128. The molecule has 8 heteroatoms. The van der Waals surface area contributed by atoms with Crippen LogP contribution in [0.25, 0.3) is 0 Å². The van der Waals surface area contributed by atoms with Gasteiger partial charge in [-0.3, -0.25) is 14.5 Å². The highest BCUT2D eigenvalue weighted by atomic mass is 32.1. The number of carbonyl (C=O) groups is 2. The van der Waals surface area contributed by atoms with Crippen LogP contribution in [0.15, 0.2) is 72.1 Å². The summed E-state index contributed by atoms with van der Waals surface area (Å²) in [6.45, 7) is 2.09. The molecule has 3 aromatic rings. The maximum atomic E-state index is 13.8. The third-order valence-corrected chi connectivity index (χ3v) is 9.36. The Bertz CT molecular complexity index is 1310. The predicted octanol–water partition coefficient (Wildman–Crippen LogP) is 4.72. The van der Waals surface area contributed by atoms with E-state index in [-0.39, 0.29) is 29.9 Å². The first kappa shape index (κ1) is 29.0. The van der Waals surface area contributed by atoms with E-state index >= 15 is 0 Å². The molecule has 0 radical (unpaired) electrons. The van der Waals surface area contributed by atoms with Crippen molar-refractivity contribution in [2.75, 3.05) is 13.1 Å². The van der Waals surface area contributed by atoms with Gasteiger partial charge < -0.3 is 16.0 Å². The lowest BCUT2D eigenvalue weighted by Gasteiger charge is -2.43. The zero-order valence-corrected chi connectivity index (χ0v) is 24.3. The first-order chi connectivity index (χ1) is 20.0. The molecule has 1 unspecified atom stereocenters. The topological polar surface area (TPSA) is 102 Å². The van der Waals surface area contributed by atoms with E-state index in [1.807, 2.05) is 47.8 Å². The number of nitrogens with two attached hydrogens (primary N) is 1. The van der Waals surface area contributed by atoms with Crippen molar-refractivity contribution in [3.8, 4) is 6.07 Å². The summed E-state index contributed by atoms with van der Waals surface area (Å²) in [6.07, 6.45) is 5.85. The number of hydrogen-bond donors (Lipinski definition) is 2. The Morgan fingerprint density at radius 2 is 1.73 bits per heavy atom. The predicted molar refractivity (Wildman–Crippen MR) is 162 cm³/mol. The van der Waals surface area contributed by atoms with Crippen LogP contribution in [0.5, 0.6) is 0 Å². The van der Waals surface area contributed by atoms with Crippen LogP contribution in [0, 0.1) is 11.3 Å². The number of nitriles is 1. The van der Waals surface area contributed by atoms with Gasteiger partial charge in [-0.25, -0.2) is 0 Å². The molecule has 2 aliphatic rings. The highest BCUT2D eigenvalue weighted by molar-refractivity contribution is 7.12. The van der Waals surface area contributed by atoms with Gasteiger partial charge in [0.05, 0.1) is 16.5 Å². The Hall–Kier alpha value is -3.51. The minimum atomic E-state index is -0.529. The molecular weight excluding hydrogens is 530 g/mol. The second-order valence-corrected chi connectivity index (χ2v) is 12.3. The third kappa shape index (κ3) is 7.62. The molecule has 2 heterocycles.